The SMILES string of the molecule is CCOC(=O)c1c(NC(=O)C(Sc2cccc(NC(=O)CCC(=O)O)c2)c2ccccc2)sc2c1CCCCCC2. The summed E-state index contributed by atoms with van der Waals surface area (Å²) in [5.74, 6) is -2.11. The Bertz CT molecular complexity index is 1390. The minimum atomic E-state index is -1.04. The highest BCUT2D eigenvalue weighted by Crippen LogP contribution is 2.41. The van der Waals surface area contributed by atoms with Gasteiger partial charge >= 0.3 is 11.9 Å². The van der Waals surface area contributed by atoms with Gasteiger partial charge < -0.3 is 20.5 Å². The minimum Gasteiger partial charge on any atom is -0.481 e. The number of carbonyl (C=O) groups is 4. The monoisotopic (exact) mass is 594 g/mol. The highest BCUT2D eigenvalue weighted by atomic mass is 32.2. The zero-order chi connectivity index (χ0) is 29.2. The number of esters is 1. The topological polar surface area (TPSA) is 122 Å². The van der Waals surface area contributed by atoms with E-state index in [0.29, 0.717) is 16.3 Å². The predicted molar refractivity (Wildman–Crippen MR) is 162 cm³/mol. The number of benzene rings is 2. The van der Waals surface area contributed by atoms with Crippen LogP contribution in [0.5, 0.6) is 0 Å². The van der Waals surface area contributed by atoms with Crippen LogP contribution in [-0.4, -0.2) is 35.5 Å². The molecule has 4 rings (SSSR count). The van der Waals surface area contributed by atoms with Crippen LogP contribution in [0.3, 0.4) is 0 Å². The molecule has 0 radical (unpaired) electrons. The molecule has 216 valence electrons. The summed E-state index contributed by atoms with van der Waals surface area (Å²) in [4.78, 5) is 51.8. The van der Waals surface area contributed by atoms with E-state index in [1.54, 1.807) is 25.1 Å². The molecule has 2 aromatic carbocycles. The first-order chi connectivity index (χ1) is 19.9. The van der Waals surface area contributed by atoms with Gasteiger partial charge in [0.2, 0.25) is 11.8 Å². The number of aryl methyl sites for hydroxylation is 1. The lowest BCUT2D eigenvalue weighted by Crippen LogP contribution is -2.20. The number of hydrogen-bond donors (Lipinski definition) is 3. The number of thioether (sulfide) groups is 1. The summed E-state index contributed by atoms with van der Waals surface area (Å²) in [7, 11) is 0. The smallest absolute Gasteiger partial charge is 0.341 e. The van der Waals surface area contributed by atoms with Crippen LogP contribution >= 0.6 is 23.1 Å². The van der Waals surface area contributed by atoms with Gasteiger partial charge in [-0.05, 0) is 61.9 Å². The van der Waals surface area contributed by atoms with Crippen molar-refractivity contribution in [2.75, 3.05) is 17.2 Å². The fourth-order valence-corrected chi connectivity index (χ4v) is 7.10. The maximum atomic E-state index is 13.9. The molecule has 0 spiro atoms. The standard InChI is InChI=1S/C31H34N2O6S2/c1-2-39-31(38)27-23-15-8-3-4-9-16-24(23)41-30(27)33-29(37)28(20-11-6-5-7-12-20)40-22-14-10-13-21(19-22)32-25(34)17-18-26(35)36/h5-7,10-14,19,28H,2-4,8-9,15-18H2,1H3,(H,32,34)(H,33,37)(H,35,36). The van der Waals surface area contributed by atoms with E-state index in [-0.39, 0.29) is 25.4 Å². The number of hydrogen-bond acceptors (Lipinski definition) is 7. The molecule has 1 aliphatic carbocycles. The minimum absolute atomic E-state index is 0.130. The van der Waals surface area contributed by atoms with Crippen molar-refractivity contribution in [2.24, 2.45) is 0 Å². The molecule has 0 bridgehead atoms. The van der Waals surface area contributed by atoms with E-state index in [0.717, 1.165) is 59.4 Å². The predicted octanol–water partition coefficient (Wildman–Crippen LogP) is 6.86. The second-order valence-corrected chi connectivity index (χ2v) is 12.0. The molecule has 0 saturated carbocycles. The summed E-state index contributed by atoms with van der Waals surface area (Å²) in [6.45, 7) is 2.03. The number of aliphatic carboxylic acids is 1. The molecule has 1 heterocycles. The third-order valence-electron chi connectivity index (χ3n) is 6.67. The fraction of sp³-hybridized carbons (Fsp3) is 0.355. The lowest BCUT2D eigenvalue weighted by Gasteiger charge is -2.18. The van der Waals surface area contributed by atoms with E-state index in [1.807, 2.05) is 36.4 Å². The van der Waals surface area contributed by atoms with Crippen LogP contribution in [0.4, 0.5) is 10.7 Å². The van der Waals surface area contributed by atoms with Crippen molar-refractivity contribution in [2.45, 2.75) is 68.4 Å². The van der Waals surface area contributed by atoms with E-state index >= 15 is 0 Å². The van der Waals surface area contributed by atoms with Crippen LogP contribution in [0.15, 0.2) is 59.5 Å². The molecular formula is C31H34N2O6S2. The Balaban J connectivity index is 1.60. The molecule has 1 atom stereocenters. The van der Waals surface area contributed by atoms with Crippen LogP contribution in [0.2, 0.25) is 0 Å². The third-order valence-corrected chi connectivity index (χ3v) is 9.12. The second-order valence-electron chi connectivity index (χ2n) is 9.71. The molecule has 1 aromatic heterocycles. The molecule has 2 amide bonds. The van der Waals surface area contributed by atoms with Crippen molar-refractivity contribution in [1.82, 2.24) is 0 Å². The Morgan fingerprint density at radius 3 is 2.44 bits per heavy atom. The molecule has 41 heavy (non-hydrogen) atoms. The van der Waals surface area contributed by atoms with E-state index in [2.05, 4.69) is 10.6 Å². The number of anilines is 2. The number of thiophene rings is 1. The zero-order valence-corrected chi connectivity index (χ0v) is 24.6. The number of nitrogens with one attached hydrogen (secondary N) is 2. The van der Waals surface area contributed by atoms with Gasteiger partial charge in [-0.2, -0.15) is 0 Å². The first-order valence-corrected chi connectivity index (χ1v) is 15.5. The number of ether oxygens (including phenoxy) is 1. The molecule has 0 saturated heterocycles. The van der Waals surface area contributed by atoms with Crippen molar-refractivity contribution >= 4 is 57.5 Å². The van der Waals surface area contributed by atoms with Gasteiger partial charge in [0.05, 0.1) is 18.6 Å². The lowest BCUT2D eigenvalue weighted by molar-refractivity contribution is -0.138. The van der Waals surface area contributed by atoms with Gasteiger partial charge in [0.25, 0.3) is 0 Å². The third kappa shape index (κ3) is 8.43. The van der Waals surface area contributed by atoms with Gasteiger partial charge in [0.1, 0.15) is 10.3 Å². The van der Waals surface area contributed by atoms with Gasteiger partial charge in [-0.25, -0.2) is 4.79 Å². The molecular weight excluding hydrogens is 560 g/mol. The van der Waals surface area contributed by atoms with Crippen molar-refractivity contribution in [3.05, 3.63) is 76.2 Å². The van der Waals surface area contributed by atoms with E-state index in [9.17, 15) is 19.2 Å². The Morgan fingerprint density at radius 1 is 0.951 bits per heavy atom. The average Bonchev–Trinajstić information content (AvgIpc) is 3.26. The highest BCUT2D eigenvalue weighted by Gasteiger charge is 2.29. The number of fused-ring (bicyclic) bond motifs is 1. The molecule has 8 nitrogen and oxygen atoms in total. The maximum absolute atomic E-state index is 13.9. The largest absolute Gasteiger partial charge is 0.481 e. The van der Waals surface area contributed by atoms with Crippen LogP contribution in [0.25, 0.3) is 0 Å². The van der Waals surface area contributed by atoms with Crippen molar-refractivity contribution < 1.29 is 29.0 Å². The first-order valence-electron chi connectivity index (χ1n) is 13.8. The maximum Gasteiger partial charge on any atom is 0.341 e. The number of carbonyl (C=O) groups excluding carboxylic acids is 3. The lowest BCUT2D eigenvalue weighted by atomic mass is 9.96. The van der Waals surface area contributed by atoms with E-state index in [4.69, 9.17) is 9.84 Å². The van der Waals surface area contributed by atoms with Crippen LogP contribution < -0.4 is 10.6 Å². The summed E-state index contributed by atoms with van der Waals surface area (Å²) < 4.78 is 5.41. The first kappa shape index (κ1) is 30.3. The summed E-state index contributed by atoms with van der Waals surface area (Å²) in [5, 5.41) is 14.5. The quantitative estimate of drug-likeness (QED) is 0.164. The second kappa shape index (κ2) is 14.8. The molecule has 3 aromatic rings. The van der Waals surface area contributed by atoms with Crippen LogP contribution in [0, 0.1) is 0 Å². The Kier molecular flexibility index (Phi) is 11.0. The van der Waals surface area contributed by atoms with Crippen molar-refractivity contribution in [1.29, 1.82) is 0 Å². The molecule has 1 aliphatic rings. The van der Waals surface area contributed by atoms with Gasteiger partial charge in [0, 0.05) is 21.9 Å². The summed E-state index contributed by atoms with van der Waals surface area (Å²) in [5.41, 5.74) is 2.78. The van der Waals surface area contributed by atoms with E-state index in [1.165, 1.54) is 23.1 Å². The number of carboxylic acid groups (broad SMARTS) is 1. The Labute approximate surface area is 247 Å². The van der Waals surface area contributed by atoms with Crippen LogP contribution in [0.1, 0.15) is 77.1 Å². The number of rotatable bonds is 11. The van der Waals surface area contributed by atoms with E-state index < -0.39 is 23.1 Å². The van der Waals surface area contributed by atoms with Gasteiger partial charge in [-0.15, -0.1) is 23.1 Å². The average molecular weight is 595 g/mol. The summed E-state index contributed by atoms with van der Waals surface area (Å²) in [6, 6.07) is 16.5. The molecule has 0 aliphatic heterocycles. The highest BCUT2D eigenvalue weighted by molar-refractivity contribution is 8.00. The van der Waals surface area contributed by atoms with Gasteiger partial charge in [0.15, 0.2) is 0 Å². The summed E-state index contributed by atoms with van der Waals surface area (Å²) >= 11 is 2.80. The van der Waals surface area contributed by atoms with Crippen molar-refractivity contribution in [3.8, 4) is 0 Å². The normalized spacial score (nSPS) is 13.7. The van der Waals surface area contributed by atoms with Crippen LogP contribution in [-0.2, 0) is 32.0 Å². The molecule has 0 fully saturated rings. The molecule has 1 unspecified atom stereocenters. The molecule has 10 heteroatoms. The van der Waals surface area contributed by atoms with Gasteiger partial charge in [-0.1, -0.05) is 49.2 Å². The molecule has 3 N–H and O–H groups in total. The zero-order valence-electron chi connectivity index (χ0n) is 22.9. The van der Waals surface area contributed by atoms with Crippen molar-refractivity contribution in [3.63, 3.8) is 0 Å². The fourth-order valence-electron chi connectivity index (χ4n) is 4.73. The number of amides is 2. The Morgan fingerprint density at radius 2 is 1.71 bits per heavy atom. The van der Waals surface area contributed by atoms with Gasteiger partial charge in [-0.3, -0.25) is 14.4 Å². The Hall–Kier alpha value is -3.63. The number of carboxylic acids is 1. The summed E-state index contributed by atoms with van der Waals surface area (Å²) in [6.07, 6.45) is 5.60.